The monoisotopic (exact) mass is 308 g/mol. The van der Waals surface area contributed by atoms with Gasteiger partial charge < -0.3 is 18.9 Å². The maximum Gasteiger partial charge on any atom is 0.516 e. The number of halogens is 5. The van der Waals surface area contributed by atoms with Crippen molar-refractivity contribution in [1.29, 1.82) is 0 Å². The van der Waals surface area contributed by atoms with Crippen LogP contribution >= 0.6 is 0 Å². The zero-order chi connectivity index (χ0) is 15.6. The Morgan fingerprint density at radius 1 is 1.15 bits per heavy atom. The number of hydrogen-bond donors (Lipinski definition) is 0. The van der Waals surface area contributed by atoms with Crippen molar-refractivity contribution in [2.45, 2.75) is 50.9 Å². The number of carbonyl (C=O) groups is 1. The summed E-state index contributed by atoms with van der Waals surface area (Å²) in [7, 11) is 0. The summed E-state index contributed by atoms with van der Waals surface area (Å²) < 4.78 is 77.8. The summed E-state index contributed by atoms with van der Waals surface area (Å²) in [5.41, 5.74) is 0. The smallest absolute Gasteiger partial charge is 0.386 e. The summed E-state index contributed by atoms with van der Waals surface area (Å²) in [6.45, 7) is 2.34. The Hall–Kier alpha value is -1.16. The fourth-order valence-electron chi connectivity index (χ4n) is 1.32. The minimum absolute atomic E-state index is 0.0197. The van der Waals surface area contributed by atoms with Crippen molar-refractivity contribution < 1.29 is 45.7 Å². The number of hydrogen-bond acceptors (Lipinski definition) is 5. The van der Waals surface area contributed by atoms with E-state index in [0.717, 1.165) is 6.92 Å². The van der Waals surface area contributed by atoms with Crippen LogP contribution in [0.25, 0.3) is 0 Å². The zero-order valence-electron chi connectivity index (χ0n) is 10.6. The van der Waals surface area contributed by atoms with E-state index in [4.69, 9.17) is 0 Å². The van der Waals surface area contributed by atoms with Crippen LogP contribution in [0.1, 0.15) is 26.7 Å². The van der Waals surface area contributed by atoms with E-state index in [-0.39, 0.29) is 13.2 Å². The highest BCUT2D eigenvalue weighted by molar-refractivity contribution is 5.63. The molecule has 2 heterocycles. The van der Waals surface area contributed by atoms with Gasteiger partial charge in [-0.2, -0.15) is 13.2 Å². The average Bonchev–Trinajstić information content (AvgIpc) is 2.79. The predicted molar refractivity (Wildman–Crippen MR) is 52.7 cm³/mol. The van der Waals surface area contributed by atoms with Gasteiger partial charge in [0.25, 0.3) is 12.2 Å². The molecule has 3 atom stereocenters. The summed E-state index contributed by atoms with van der Waals surface area (Å²) >= 11 is 0. The number of alkyl halides is 5. The second-order valence-electron chi connectivity index (χ2n) is 3.94. The molecule has 0 N–H and O–H groups in total. The third-order valence-electron chi connectivity index (χ3n) is 2.68. The zero-order valence-corrected chi connectivity index (χ0v) is 10.6. The van der Waals surface area contributed by atoms with Gasteiger partial charge in [-0.05, 0) is 0 Å². The van der Waals surface area contributed by atoms with E-state index < -0.39 is 36.8 Å². The van der Waals surface area contributed by atoms with Gasteiger partial charge in [0, 0.05) is 12.8 Å². The highest BCUT2D eigenvalue weighted by Crippen LogP contribution is 2.42. The highest BCUT2D eigenvalue weighted by Gasteiger charge is 2.67. The van der Waals surface area contributed by atoms with E-state index in [9.17, 15) is 26.7 Å². The Morgan fingerprint density at radius 2 is 1.75 bits per heavy atom. The molecule has 2 rings (SSSR count). The summed E-state index contributed by atoms with van der Waals surface area (Å²) in [5, 5.41) is 0. The predicted octanol–water partition coefficient (Wildman–Crippen LogP) is 3.18. The summed E-state index contributed by atoms with van der Waals surface area (Å²) in [6.07, 6.45) is -8.43. The van der Waals surface area contributed by atoms with Crippen LogP contribution in [0, 0.1) is 0 Å². The number of ether oxygens (including phenoxy) is 4. The van der Waals surface area contributed by atoms with Crippen LogP contribution in [-0.2, 0) is 18.9 Å². The molecule has 0 radical (unpaired) electrons. The topological polar surface area (TPSA) is 54.0 Å². The van der Waals surface area contributed by atoms with Crippen molar-refractivity contribution in [2.24, 2.45) is 0 Å². The largest absolute Gasteiger partial charge is 0.516 e. The maximum atomic E-state index is 12.8. The molecule has 3 unspecified atom stereocenters. The van der Waals surface area contributed by atoms with Gasteiger partial charge in [0.15, 0.2) is 6.79 Å². The van der Waals surface area contributed by atoms with Crippen molar-refractivity contribution in [3.05, 3.63) is 0 Å². The molecular weight excluding hydrogens is 295 g/mol. The molecule has 0 amide bonds. The molecule has 0 bridgehead atoms. The van der Waals surface area contributed by atoms with E-state index >= 15 is 0 Å². The number of rotatable bonds is 2. The molecule has 118 valence electrons. The Morgan fingerprint density at radius 3 is 1.95 bits per heavy atom. The highest BCUT2D eigenvalue weighted by atomic mass is 19.3. The Balaban J connectivity index is 0.000000204. The van der Waals surface area contributed by atoms with Crippen LogP contribution in [0.2, 0.25) is 0 Å². The lowest BCUT2D eigenvalue weighted by Crippen LogP contribution is -2.40. The van der Waals surface area contributed by atoms with Crippen LogP contribution in [0.5, 0.6) is 0 Å². The molecule has 2 aliphatic rings. The van der Waals surface area contributed by atoms with Crippen molar-refractivity contribution in [1.82, 2.24) is 0 Å². The van der Waals surface area contributed by atoms with Gasteiger partial charge in [0.1, 0.15) is 0 Å². The lowest BCUT2D eigenvalue weighted by molar-refractivity contribution is -0.288. The first-order chi connectivity index (χ1) is 9.10. The first-order valence-corrected chi connectivity index (χ1v) is 5.67. The first kappa shape index (κ1) is 16.9. The summed E-state index contributed by atoms with van der Waals surface area (Å²) in [5.74, 6) is -5.50. The van der Waals surface area contributed by atoms with Gasteiger partial charge >= 0.3 is 18.1 Å². The van der Waals surface area contributed by atoms with E-state index in [1.165, 1.54) is 6.92 Å². The molecule has 0 aromatic heterocycles. The summed E-state index contributed by atoms with van der Waals surface area (Å²) in [6, 6.07) is 0. The maximum absolute atomic E-state index is 12.8. The van der Waals surface area contributed by atoms with Crippen LogP contribution in [0.15, 0.2) is 0 Å². The lowest BCUT2D eigenvalue weighted by Gasteiger charge is -2.18. The SMILES string of the molecule is CCC1(F)OC(=O)OC1(F)F.CCC1(F)OCOC1F. The van der Waals surface area contributed by atoms with Crippen LogP contribution in [0.3, 0.4) is 0 Å². The molecule has 10 heteroatoms. The minimum atomic E-state index is -4.17. The molecule has 2 aliphatic heterocycles. The van der Waals surface area contributed by atoms with Crippen LogP contribution in [0.4, 0.5) is 26.7 Å². The molecule has 20 heavy (non-hydrogen) atoms. The third-order valence-corrected chi connectivity index (χ3v) is 2.68. The normalized spacial score (nSPS) is 38.8. The molecule has 2 saturated heterocycles. The molecule has 0 aliphatic carbocycles. The van der Waals surface area contributed by atoms with E-state index in [0.29, 0.717) is 0 Å². The Bertz CT molecular complexity index is 368. The van der Waals surface area contributed by atoms with E-state index in [1.807, 2.05) is 0 Å². The summed E-state index contributed by atoms with van der Waals surface area (Å²) in [4.78, 5) is 10.1. The quantitative estimate of drug-likeness (QED) is 0.579. The van der Waals surface area contributed by atoms with E-state index in [2.05, 4.69) is 18.9 Å². The fraction of sp³-hybridized carbons (Fsp3) is 0.900. The first-order valence-electron chi connectivity index (χ1n) is 5.67. The van der Waals surface area contributed by atoms with Crippen LogP contribution < -0.4 is 0 Å². The van der Waals surface area contributed by atoms with Crippen molar-refractivity contribution >= 4 is 6.16 Å². The lowest BCUT2D eigenvalue weighted by atomic mass is 10.2. The van der Waals surface area contributed by atoms with Gasteiger partial charge in [-0.15, -0.1) is 0 Å². The number of cyclic esters (lactones) is 2. The van der Waals surface area contributed by atoms with Gasteiger partial charge in [-0.25, -0.2) is 13.6 Å². The van der Waals surface area contributed by atoms with Gasteiger partial charge in [0.2, 0.25) is 0 Å². The molecule has 0 spiro atoms. The van der Waals surface area contributed by atoms with Crippen molar-refractivity contribution in [3.63, 3.8) is 0 Å². The minimum Gasteiger partial charge on any atom is -0.386 e. The fourth-order valence-corrected chi connectivity index (χ4v) is 1.32. The standard InChI is InChI=1S/C5H5F3O3.C5H8F2O2/c1-2-4(6)5(7,8)11-3(9)10-4;1-2-5(7)4(6)8-3-9-5/h2H2,1H3;4H,2-3H2,1H3. The van der Waals surface area contributed by atoms with Crippen molar-refractivity contribution in [2.75, 3.05) is 6.79 Å². The average molecular weight is 308 g/mol. The molecule has 5 nitrogen and oxygen atoms in total. The van der Waals surface area contributed by atoms with Gasteiger partial charge in [0.05, 0.1) is 0 Å². The van der Waals surface area contributed by atoms with E-state index in [1.54, 1.807) is 0 Å². The third kappa shape index (κ3) is 3.11. The molecule has 0 saturated carbocycles. The van der Waals surface area contributed by atoms with Gasteiger partial charge in [-0.3, -0.25) is 0 Å². The Kier molecular flexibility index (Phi) is 4.80. The second kappa shape index (κ2) is 5.68. The Labute approximate surface area is 110 Å². The number of carbonyl (C=O) groups excluding carboxylic acids is 1. The molecule has 0 aromatic carbocycles. The van der Waals surface area contributed by atoms with Crippen LogP contribution in [-0.4, -0.2) is 37.1 Å². The molecule has 2 fully saturated rings. The molecule has 0 aromatic rings. The molecular formula is C10H13F5O5. The van der Waals surface area contributed by atoms with Crippen molar-refractivity contribution in [3.8, 4) is 0 Å². The second-order valence-corrected chi connectivity index (χ2v) is 3.94. The van der Waals surface area contributed by atoms with Gasteiger partial charge in [-0.1, -0.05) is 13.8 Å².